The zero-order valence-corrected chi connectivity index (χ0v) is 35.3. The van der Waals surface area contributed by atoms with Crippen LogP contribution in [0.4, 0.5) is 17.1 Å². The normalized spacial score (nSPS) is 12.5. The van der Waals surface area contributed by atoms with Crippen LogP contribution in [0.2, 0.25) is 0 Å². The third-order valence-corrected chi connectivity index (χ3v) is 13.4. The van der Waals surface area contributed by atoms with Gasteiger partial charge < -0.3 is 4.90 Å². The van der Waals surface area contributed by atoms with Gasteiger partial charge in [0.15, 0.2) is 0 Å². The van der Waals surface area contributed by atoms with E-state index < -0.39 is 5.41 Å². The van der Waals surface area contributed by atoms with Crippen LogP contribution in [0.5, 0.6) is 0 Å². The summed E-state index contributed by atoms with van der Waals surface area (Å²) < 4.78 is 0. The molecule has 0 heterocycles. The molecule has 0 radical (unpaired) electrons. The van der Waals surface area contributed by atoms with Gasteiger partial charge in [0.05, 0.1) is 5.41 Å². The average molecular weight is 814 g/mol. The van der Waals surface area contributed by atoms with Crippen LogP contribution < -0.4 is 4.90 Å². The molecule has 0 amide bonds. The summed E-state index contributed by atoms with van der Waals surface area (Å²) in [7, 11) is 0. The zero-order chi connectivity index (χ0) is 42.5. The van der Waals surface area contributed by atoms with Crippen LogP contribution in [0.1, 0.15) is 22.3 Å². The lowest BCUT2D eigenvalue weighted by atomic mass is 9.68. The van der Waals surface area contributed by atoms with Crippen LogP contribution in [0, 0.1) is 0 Å². The smallest absolute Gasteiger partial charge is 0.0713 e. The van der Waals surface area contributed by atoms with Crippen molar-refractivity contribution in [3.05, 3.63) is 283 Å². The summed E-state index contributed by atoms with van der Waals surface area (Å²) in [5.74, 6) is 0. The SMILES string of the molecule is c1ccc(-c2ccc(-c3ccc(N(c4ccc(-c5cccc6ccccc56)cc4)c4ccc5c(c4)-c4ccccc4C5(c4ccccc4)c4ccccc4)cc3)c3ccccc23)cc1. The fourth-order valence-corrected chi connectivity index (χ4v) is 10.5. The standard InChI is InChI=1S/C63H43N/c1-4-17-44(18-5-1)55-40-41-56(58-27-13-12-26-57(55)58)47-33-37-51(38-34-47)64(50-35-31-46(32-36-50)54-29-16-20-45-19-10-11-25-53(45)54)52-39-42-62-60(43-52)59-28-14-15-30-61(59)63(62,48-21-6-2-7-22-48)49-23-8-3-9-24-49/h1-43H. The van der Waals surface area contributed by atoms with Crippen molar-refractivity contribution in [3.8, 4) is 44.5 Å². The van der Waals surface area contributed by atoms with Crippen LogP contribution in [-0.2, 0) is 5.41 Å². The molecular weight excluding hydrogens is 771 g/mol. The molecular formula is C63H43N. The minimum atomic E-state index is -0.460. The van der Waals surface area contributed by atoms with Gasteiger partial charge >= 0.3 is 0 Å². The quantitative estimate of drug-likeness (QED) is 0.148. The predicted molar refractivity (Wildman–Crippen MR) is 270 cm³/mol. The van der Waals surface area contributed by atoms with Gasteiger partial charge in [0.25, 0.3) is 0 Å². The van der Waals surface area contributed by atoms with Gasteiger partial charge in [-0.05, 0) is 125 Å². The molecule has 1 nitrogen and oxygen atoms in total. The fourth-order valence-electron chi connectivity index (χ4n) is 10.5. The van der Waals surface area contributed by atoms with Crippen LogP contribution in [0.15, 0.2) is 261 Å². The van der Waals surface area contributed by atoms with E-state index in [2.05, 4.69) is 266 Å². The van der Waals surface area contributed by atoms with Crippen molar-refractivity contribution < 1.29 is 0 Å². The number of fused-ring (bicyclic) bond motifs is 5. The minimum Gasteiger partial charge on any atom is -0.310 e. The first-order valence-electron chi connectivity index (χ1n) is 22.2. The Morgan fingerprint density at radius 1 is 0.250 bits per heavy atom. The molecule has 0 spiro atoms. The number of hydrogen-bond acceptors (Lipinski definition) is 1. The molecule has 0 aliphatic heterocycles. The number of hydrogen-bond donors (Lipinski definition) is 0. The molecule has 64 heavy (non-hydrogen) atoms. The first kappa shape index (κ1) is 37.5. The molecule has 0 saturated heterocycles. The Bertz CT molecular complexity index is 3420. The van der Waals surface area contributed by atoms with Gasteiger partial charge in [-0.2, -0.15) is 0 Å². The highest BCUT2D eigenvalue weighted by Crippen LogP contribution is 2.57. The van der Waals surface area contributed by atoms with Gasteiger partial charge in [-0.3, -0.25) is 0 Å². The summed E-state index contributed by atoms with van der Waals surface area (Å²) in [5, 5.41) is 5.00. The van der Waals surface area contributed by atoms with Gasteiger partial charge in [-0.1, -0.05) is 224 Å². The molecule has 1 aliphatic carbocycles. The number of nitrogens with zero attached hydrogens (tertiary/aromatic N) is 1. The lowest BCUT2D eigenvalue weighted by Gasteiger charge is -2.34. The Morgan fingerprint density at radius 3 is 1.28 bits per heavy atom. The molecule has 11 aromatic carbocycles. The van der Waals surface area contributed by atoms with Crippen molar-refractivity contribution in [1.82, 2.24) is 0 Å². The maximum absolute atomic E-state index is 2.42. The van der Waals surface area contributed by atoms with Crippen molar-refractivity contribution in [2.75, 3.05) is 4.90 Å². The van der Waals surface area contributed by atoms with Gasteiger partial charge in [0.1, 0.15) is 0 Å². The zero-order valence-electron chi connectivity index (χ0n) is 35.3. The van der Waals surface area contributed by atoms with Crippen molar-refractivity contribution in [2.24, 2.45) is 0 Å². The van der Waals surface area contributed by atoms with E-state index in [0.717, 1.165) is 17.1 Å². The molecule has 0 fully saturated rings. The highest BCUT2D eigenvalue weighted by molar-refractivity contribution is 6.05. The molecule has 0 N–H and O–H groups in total. The van der Waals surface area contributed by atoms with E-state index in [4.69, 9.17) is 0 Å². The van der Waals surface area contributed by atoms with Crippen LogP contribution in [0.25, 0.3) is 66.1 Å². The second-order valence-electron chi connectivity index (χ2n) is 16.8. The summed E-state index contributed by atoms with van der Waals surface area (Å²) in [5.41, 5.74) is 17.8. The molecule has 11 aromatic rings. The maximum atomic E-state index is 2.42. The van der Waals surface area contributed by atoms with E-state index >= 15 is 0 Å². The van der Waals surface area contributed by atoms with Crippen molar-refractivity contribution in [2.45, 2.75) is 5.41 Å². The van der Waals surface area contributed by atoms with Crippen molar-refractivity contribution in [3.63, 3.8) is 0 Å². The highest BCUT2D eigenvalue weighted by atomic mass is 15.1. The topological polar surface area (TPSA) is 3.24 Å². The average Bonchev–Trinajstić information content (AvgIpc) is 3.67. The monoisotopic (exact) mass is 813 g/mol. The minimum absolute atomic E-state index is 0.460. The van der Waals surface area contributed by atoms with Crippen molar-refractivity contribution in [1.29, 1.82) is 0 Å². The molecule has 12 rings (SSSR count). The first-order chi connectivity index (χ1) is 31.8. The molecule has 0 saturated carbocycles. The molecule has 1 aliphatic rings. The largest absolute Gasteiger partial charge is 0.310 e. The maximum Gasteiger partial charge on any atom is 0.0713 e. The third kappa shape index (κ3) is 6.08. The summed E-state index contributed by atoms with van der Waals surface area (Å²) in [6, 6.07) is 95.7. The van der Waals surface area contributed by atoms with Gasteiger partial charge in [-0.25, -0.2) is 0 Å². The van der Waals surface area contributed by atoms with Gasteiger partial charge in [0.2, 0.25) is 0 Å². The summed E-state index contributed by atoms with van der Waals surface area (Å²) in [4.78, 5) is 2.42. The Balaban J connectivity index is 1.02. The highest BCUT2D eigenvalue weighted by Gasteiger charge is 2.46. The molecule has 0 bridgehead atoms. The lowest BCUT2D eigenvalue weighted by Crippen LogP contribution is -2.28. The Labute approximate surface area is 374 Å². The van der Waals surface area contributed by atoms with Gasteiger partial charge in [0, 0.05) is 17.1 Å². The number of rotatable bonds is 8. The second kappa shape index (κ2) is 15.6. The number of anilines is 3. The second-order valence-corrected chi connectivity index (χ2v) is 16.8. The predicted octanol–water partition coefficient (Wildman–Crippen LogP) is 16.8. The third-order valence-electron chi connectivity index (χ3n) is 13.4. The molecule has 0 unspecified atom stereocenters. The van der Waals surface area contributed by atoms with Crippen molar-refractivity contribution >= 4 is 38.6 Å². The van der Waals surface area contributed by atoms with E-state index in [1.54, 1.807) is 0 Å². The molecule has 0 atom stereocenters. The fraction of sp³-hybridized carbons (Fsp3) is 0.0159. The van der Waals surface area contributed by atoms with Crippen LogP contribution in [-0.4, -0.2) is 0 Å². The summed E-state index contributed by atoms with van der Waals surface area (Å²) in [6.45, 7) is 0. The summed E-state index contributed by atoms with van der Waals surface area (Å²) in [6.07, 6.45) is 0. The van der Waals surface area contributed by atoms with E-state index in [-0.39, 0.29) is 0 Å². The molecule has 1 heteroatoms. The Morgan fingerprint density at radius 2 is 0.672 bits per heavy atom. The van der Waals surface area contributed by atoms with Crippen LogP contribution in [0.3, 0.4) is 0 Å². The van der Waals surface area contributed by atoms with Crippen LogP contribution >= 0.6 is 0 Å². The van der Waals surface area contributed by atoms with E-state index in [1.165, 1.54) is 88.3 Å². The number of benzene rings is 11. The van der Waals surface area contributed by atoms with Gasteiger partial charge in [-0.15, -0.1) is 0 Å². The summed E-state index contributed by atoms with van der Waals surface area (Å²) >= 11 is 0. The van der Waals surface area contributed by atoms with E-state index in [9.17, 15) is 0 Å². The Kier molecular flexibility index (Phi) is 9.13. The van der Waals surface area contributed by atoms with E-state index in [1.807, 2.05) is 0 Å². The van der Waals surface area contributed by atoms with E-state index in [0.29, 0.717) is 0 Å². The lowest BCUT2D eigenvalue weighted by molar-refractivity contribution is 0.768. The molecule has 0 aromatic heterocycles. The molecule has 300 valence electrons. The first-order valence-corrected chi connectivity index (χ1v) is 22.2. The Hall–Kier alpha value is -8.26.